The number of hydrogen-bond acceptors (Lipinski definition) is 2. The minimum atomic E-state index is -0.242. The first-order chi connectivity index (χ1) is 7.70. The maximum absolute atomic E-state index is 13.5. The van der Waals surface area contributed by atoms with E-state index in [2.05, 4.69) is 0 Å². The molecule has 88 valence electrons. The zero-order valence-corrected chi connectivity index (χ0v) is 9.63. The molecule has 0 aromatic heterocycles. The minimum Gasteiger partial charge on any atom is -0.497 e. The second-order valence-corrected chi connectivity index (χ2v) is 4.57. The van der Waals surface area contributed by atoms with Crippen LogP contribution in [0.5, 0.6) is 5.75 Å². The first-order valence-electron chi connectivity index (χ1n) is 5.75. The molecule has 0 unspecified atom stereocenters. The number of nitrogens with two attached hydrogens (primary N) is 1. The third kappa shape index (κ3) is 1.92. The second-order valence-electron chi connectivity index (χ2n) is 4.57. The largest absolute Gasteiger partial charge is 0.497 e. The molecular weight excluding hydrogens is 205 g/mol. The molecule has 3 heteroatoms. The molecule has 0 heterocycles. The lowest BCUT2D eigenvalue weighted by molar-refractivity contribution is 0.402. The van der Waals surface area contributed by atoms with Crippen molar-refractivity contribution in [1.29, 1.82) is 0 Å². The zero-order valence-electron chi connectivity index (χ0n) is 9.63. The average molecular weight is 223 g/mol. The van der Waals surface area contributed by atoms with Gasteiger partial charge in [-0.05, 0) is 30.5 Å². The fraction of sp³-hybridized carbons (Fsp3) is 0.538. The predicted octanol–water partition coefficient (Wildman–Crippen LogP) is 2.60. The smallest absolute Gasteiger partial charge is 0.127 e. The van der Waals surface area contributed by atoms with Gasteiger partial charge >= 0.3 is 0 Å². The van der Waals surface area contributed by atoms with Crippen molar-refractivity contribution in [1.82, 2.24) is 0 Å². The van der Waals surface area contributed by atoms with E-state index in [4.69, 9.17) is 10.5 Å². The number of benzene rings is 1. The second kappa shape index (κ2) is 4.42. The molecule has 2 nitrogen and oxygen atoms in total. The molecule has 16 heavy (non-hydrogen) atoms. The number of ether oxygens (including phenoxy) is 1. The van der Waals surface area contributed by atoms with Gasteiger partial charge < -0.3 is 10.5 Å². The molecule has 0 amide bonds. The highest BCUT2D eigenvalue weighted by Crippen LogP contribution is 2.41. The summed E-state index contributed by atoms with van der Waals surface area (Å²) in [5.74, 6) is 0.337. The zero-order chi connectivity index (χ0) is 11.6. The Morgan fingerprint density at radius 2 is 2.00 bits per heavy atom. The summed E-state index contributed by atoms with van der Waals surface area (Å²) < 4.78 is 18.6. The van der Waals surface area contributed by atoms with Crippen molar-refractivity contribution >= 4 is 0 Å². The summed E-state index contributed by atoms with van der Waals surface area (Å²) in [4.78, 5) is 0. The van der Waals surface area contributed by atoms with Crippen LogP contribution in [0.1, 0.15) is 31.2 Å². The fourth-order valence-electron chi connectivity index (χ4n) is 2.65. The van der Waals surface area contributed by atoms with E-state index < -0.39 is 0 Å². The standard InChI is InChI=1S/C13H18FNO/c1-16-12-7-10(6-11(14)8-12)13(9-15)4-2-3-5-13/h6-8H,2-5,9,15H2,1H3. The van der Waals surface area contributed by atoms with Gasteiger partial charge in [-0.3, -0.25) is 0 Å². The van der Waals surface area contributed by atoms with Gasteiger partial charge in [-0.25, -0.2) is 4.39 Å². The summed E-state index contributed by atoms with van der Waals surface area (Å²) >= 11 is 0. The monoisotopic (exact) mass is 223 g/mol. The Balaban J connectivity index is 2.41. The molecule has 1 aliphatic rings. The van der Waals surface area contributed by atoms with Gasteiger partial charge in [0, 0.05) is 18.0 Å². The van der Waals surface area contributed by atoms with Crippen molar-refractivity contribution in [3.63, 3.8) is 0 Å². The van der Waals surface area contributed by atoms with Crippen molar-refractivity contribution in [3.8, 4) is 5.75 Å². The fourth-order valence-corrected chi connectivity index (χ4v) is 2.65. The van der Waals surface area contributed by atoms with Gasteiger partial charge in [0.25, 0.3) is 0 Å². The van der Waals surface area contributed by atoms with Crippen LogP contribution >= 0.6 is 0 Å². The van der Waals surface area contributed by atoms with Gasteiger partial charge in [0.05, 0.1) is 7.11 Å². The number of rotatable bonds is 3. The van der Waals surface area contributed by atoms with Gasteiger partial charge in [-0.1, -0.05) is 12.8 Å². The van der Waals surface area contributed by atoms with E-state index in [9.17, 15) is 4.39 Å². The summed E-state index contributed by atoms with van der Waals surface area (Å²) in [5, 5.41) is 0. The third-order valence-corrected chi connectivity index (χ3v) is 3.67. The Morgan fingerprint density at radius 1 is 1.31 bits per heavy atom. The molecule has 0 radical (unpaired) electrons. The van der Waals surface area contributed by atoms with E-state index >= 15 is 0 Å². The summed E-state index contributed by atoms with van der Waals surface area (Å²) in [5.41, 5.74) is 6.84. The molecular formula is C13H18FNO. The molecule has 0 atom stereocenters. The molecule has 2 rings (SSSR count). The Hall–Kier alpha value is -1.09. The van der Waals surface area contributed by atoms with Crippen LogP contribution in [0.15, 0.2) is 18.2 Å². The third-order valence-electron chi connectivity index (χ3n) is 3.67. The van der Waals surface area contributed by atoms with Gasteiger partial charge in [0.2, 0.25) is 0 Å². The Morgan fingerprint density at radius 3 is 2.56 bits per heavy atom. The maximum atomic E-state index is 13.5. The Labute approximate surface area is 95.6 Å². The van der Waals surface area contributed by atoms with Crippen LogP contribution in [0.3, 0.4) is 0 Å². The van der Waals surface area contributed by atoms with Crippen molar-refractivity contribution in [3.05, 3.63) is 29.6 Å². The molecule has 0 bridgehead atoms. The van der Waals surface area contributed by atoms with Gasteiger partial charge in [0.15, 0.2) is 0 Å². The molecule has 0 aliphatic heterocycles. The van der Waals surface area contributed by atoms with Crippen LogP contribution in [-0.2, 0) is 5.41 Å². The van der Waals surface area contributed by atoms with Gasteiger partial charge in [0.1, 0.15) is 11.6 Å². The Kier molecular flexibility index (Phi) is 3.15. The van der Waals surface area contributed by atoms with Crippen LogP contribution in [0.25, 0.3) is 0 Å². The molecule has 2 N–H and O–H groups in total. The summed E-state index contributed by atoms with van der Waals surface area (Å²) in [6.45, 7) is 0.583. The van der Waals surface area contributed by atoms with Gasteiger partial charge in [-0.15, -0.1) is 0 Å². The molecule has 1 aromatic rings. The molecule has 0 spiro atoms. The SMILES string of the molecule is COc1cc(F)cc(C2(CN)CCCC2)c1. The van der Waals surface area contributed by atoms with Crippen LogP contribution in [-0.4, -0.2) is 13.7 Å². The lowest BCUT2D eigenvalue weighted by Crippen LogP contribution is -2.32. The van der Waals surface area contributed by atoms with Crippen LogP contribution in [0.4, 0.5) is 4.39 Å². The quantitative estimate of drug-likeness (QED) is 0.854. The summed E-state index contributed by atoms with van der Waals surface area (Å²) in [7, 11) is 1.56. The first-order valence-corrected chi connectivity index (χ1v) is 5.75. The minimum absolute atomic E-state index is 0.0324. The number of halogens is 1. The number of methoxy groups -OCH3 is 1. The van der Waals surface area contributed by atoms with E-state index in [-0.39, 0.29) is 11.2 Å². The summed E-state index contributed by atoms with van der Waals surface area (Å²) in [6.07, 6.45) is 4.46. The maximum Gasteiger partial charge on any atom is 0.127 e. The van der Waals surface area contributed by atoms with Crippen molar-refractivity contribution in [2.45, 2.75) is 31.1 Å². The van der Waals surface area contributed by atoms with Crippen molar-refractivity contribution < 1.29 is 9.13 Å². The van der Waals surface area contributed by atoms with Crippen molar-refractivity contribution in [2.75, 3.05) is 13.7 Å². The highest BCUT2D eigenvalue weighted by Gasteiger charge is 2.34. The predicted molar refractivity (Wildman–Crippen MR) is 62.2 cm³/mol. The molecule has 1 saturated carbocycles. The van der Waals surface area contributed by atoms with E-state index in [1.54, 1.807) is 13.2 Å². The van der Waals surface area contributed by atoms with E-state index in [0.717, 1.165) is 18.4 Å². The van der Waals surface area contributed by atoms with Crippen LogP contribution < -0.4 is 10.5 Å². The normalized spacial score (nSPS) is 18.7. The summed E-state index contributed by atoms with van der Waals surface area (Å²) in [6, 6.07) is 4.92. The van der Waals surface area contributed by atoms with Crippen LogP contribution in [0, 0.1) is 5.82 Å². The highest BCUT2D eigenvalue weighted by atomic mass is 19.1. The lowest BCUT2D eigenvalue weighted by atomic mass is 9.79. The van der Waals surface area contributed by atoms with Gasteiger partial charge in [-0.2, -0.15) is 0 Å². The lowest BCUT2D eigenvalue weighted by Gasteiger charge is -2.28. The highest BCUT2D eigenvalue weighted by molar-refractivity contribution is 5.35. The van der Waals surface area contributed by atoms with E-state index in [0.29, 0.717) is 12.3 Å². The molecule has 0 saturated heterocycles. The van der Waals surface area contributed by atoms with Crippen LogP contribution in [0.2, 0.25) is 0 Å². The van der Waals surface area contributed by atoms with E-state index in [1.807, 2.05) is 6.07 Å². The average Bonchev–Trinajstić information content (AvgIpc) is 2.78. The first kappa shape index (κ1) is 11.4. The van der Waals surface area contributed by atoms with E-state index in [1.165, 1.54) is 18.9 Å². The Bertz CT molecular complexity index is 372. The molecule has 1 aromatic carbocycles. The molecule has 1 fully saturated rings. The number of hydrogen-bond donors (Lipinski definition) is 1. The van der Waals surface area contributed by atoms with Crippen molar-refractivity contribution in [2.24, 2.45) is 5.73 Å². The molecule has 1 aliphatic carbocycles. The topological polar surface area (TPSA) is 35.2 Å².